The number of nitrogens with zero attached hydrogens (tertiary/aromatic N) is 5. The van der Waals surface area contributed by atoms with Crippen LogP contribution in [0.4, 0.5) is 13.2 Å². The van der Waals surface area contributed by atoms with Gasteiger partial charge in [0.2, 0.25) is 5.88 Å². The first-order valence-electron chi connectivity index (χ1n) is 15.4. The van der Waals surface area contributed by atoms with E-state index >= 15 is 8.78 Å². The molecular weight excluding hydrogens is 635 g/mol. The monoisotopic (exact) mass is 663 g/mol. The highest BCUT2D eigenvalue weighted by Gasteiger charge is 2.24. The quantitative estimate of drug-likeness (QED) is 0.181. The van der Waals surface area contributed by atoms with Gasteiger partial charge in [0.05, 0.1) is 34.9 Å². The second-order valence-corrected chi connectivity index (χ2v) is 11.6. The number of carboxylic acid groups (broad SMARTS) is 1. The van der Waals surface area contributed by atoms with Crippen LogP contribution in [0.5, 0.6) is 5.88 Å². The van der Waals surface area contributed by atoms with E-state index in [1.54, 1.807) is 47.3 Å². The molecule has 1 aliphatic heterocycles. The first kappa shape index (κ1) is 31.7. The van der Waals surface area contributed by atoms with Gasteiger partial charge in [-0.25, -0.2) is 32.9 Å². The second kappa shape index (κ2) is 13.3. The zero-order valence-corrected chi connectivity index (χ0v) is 26.2. The molecule has 3 aromatic heterocycles. The molecule has 0 spiro atoms. The Hall–Kier alpha value is -5.93. The van der Waals surface area contributed by atoms with E-state index in [1.807, 2.05) is 11.6 Å². The van der Waals surface area contributed by atoms with Gasteiger partial charge >= 0.3 is 5.97 Å². The van der Waals surface area contributed by atoms with Crippen molar-refractivity contribution >= 4 is 17.0 Å². The van der Waals surface area contributed by atoms with Crippen molar-refractivity contribution in [2.75, 3.05) is 6.61 Å². The van der Waals surface area contributed by atoms with Crippen molar-refractivity contribution in [3.05, 3.63) is 130 Å². The summed E-state index contributed by atoms with van der Waals surface area (Å²) in [5.41, 5.74) is 2.10. The van der Waals surface area contributed by atoms with Crippen LogP contribution in [0.1, 0.15) is 45.1 Å². The molecule has 0 amide bonds. The lowest BCUT2D eigenvalue weighted by Gasteiger charge is -2.27. The molecule has 4 heterocycles. The van der Waals surface area contributed by atoms with Crippen molar-refractivity contribution in [3.63, 3.8) is 0 Å². The van der Waals surface area contributed by atoms with Gasteiger partial charge in [0.25, 0.3) is 0 Å². The van der Waals surface area contributed by atoms with Crippen LogP contribution in [0, 0.1) is 29.3 Å². The lowest BCUT2D eigenvalue weighted by Crippen LogP contribution is -2.31. The first-order chi connectivity index (χ1) is 23.7. The molecule has 1 atom stereocenters. The minimum absolute atomic E-state index is 0.0393. The van der Waals surface area contributed by atoms with Crippen molar-refractivity contribution in [2.24, 2.45) is 7.05 Å². The predicted molar refractivity (Wildman–Crippen MR) is 173 cm³/mol. The van der Waals surface area contributed by atoms with Gasteiger partial charge in [-0.05, 0) is 66.4 Å². The number of pyridine rings is 1. The molecule has 6 aromatic rings. The molecule has 1 N–H and O–H groups in total. The van der Waals surface area contributed by atoms with E-state index in [-0.39, 0.29) is 53.0 Å². The number of rotatable bonds is 9. The number of aryl methyl sites for hydroxylation is 1. The summed E-state index contributed by atoms with van der Waals surface area (Å²) >= 11 is 0. The van der Waals surface area contributed by atoms with Gasteiger partial charge in [0.15, 0.2) is 5.82 Å². The van der Waals surface area contributed by atoms with E-state index in [0.717, 1.165) is 18.6 Å². The normalized spacial score (nSPS) is 13.9. The topological polar surface area (TPSA) is 104 Å². The summed E-state index contributed by atoms with van der Waals surface area (Å²) in [5.74, 6) is 3.94. The number of imidazole rings is 2. The van der Waals surface area contributed by atoms with E-state index in [4.69, 9.17) is 9.47 Å². The van der Waals surface area contributed by atoms with Crippen molar-refractivity contribution in [2.45, 2.75) is 32.1 Å². The van der Waals surface area contributed by atoms with Gasteiger partial charge in [-0.3, -0.25) is 0 Å². The average molecular weight is 664 g/mol. The van der Waals surface area contributed by atoms with Crippen LogP contribution in [0.2, 0.25) is 0 Å². The van der Waals surface area contributed by atoms with Crippen LogP contribution in [0.15, 0.2) is 79.1 Å². The third-order valence-corrected chi connectivity index (χ3v) is 8.31. The van der Waals surface area contributed by atoms with Crippen molar-refractivity contribution in [3.8, 4) is 29.0 Å². The minimum atomic E-state index is -1.08. The average Bonchev–Trinajstić information content (AvgIpc) is 3.64. The summed E-state index contributed by atoms with van der Waals surface area (Å²) in [4.78, 5) is 24.7. The van der Waals surface area contributed by atoms with Crippen molar-refractivity contribution < 1.29 is 32.5 Å². The number of aromatic carboxylic acids is 1. The SMILES string of the molecule is Cn1ccnc1C#Cc1ccc(COc2cccc(-c3cc(F)c(Cc4nc5ccc(C(=O)O)cc5n4CC4CCO4)cc3F)n2)c(F)c1. The van der Waals surface area contributed by atoms with Crippen LogP contribution < -0.4 is 4.74 Å². The Kier molecular flexibility index (Phi) is 8.59. The standard InChI is InChI=1S/C37H28F3N5O4/c1-44-13-12-41-34(44)10-6-22-5-7-24(28(38)15-22)21-49-36-4-2-3-31(43-36)27-19-29(39)25(16-30(27)40)18-35-42-32-9-8-23(37(46)47)17-33(32)45(35)20-26-11-14-48-26/h2-5,7-9,12-13,15-17,19,26H,11,14,18,20-21H2,1H3,(H,46,47). The molecule has 0 saturated carbocycles. The number of aromatic nitrogens is 5. The van der Waals surface area contributed by atoms with Gasteiger partial charge in [-0.2, -0.15) is 0 Å². The maximum Gasteiger partial charge on any atom is 0.335 e. The van der Waals surface area contributed by atoms with Crippen LogP contribution in [0.25, 0.3) is 22.3 Å². The molecule has 0 aliphatic carbocycles. The first-order valence-corrected chi connectivity index (χ1v) is 15.4. The van der Waals surface area contributed by atoms with Crippen molar-refractivity contribution in [1.82, 2.24) is 24.1 Å². The molecule has 1 saturated heterocycles. The summed E-state index contributed by atoms with van der Waals surface area (Å²) in [5, 5.41) is 9.49. The Bertz CT molecular complexity index is 2280. The third-order valence-electron chi connectivity index (χ3n) is 8.31. The fraction of sp³-hybridized carbons (Fsp3) is 0.189. The predicted octanol–water partition coefficient (Wildman–Crippen LogP) is 6.31. The number of fused-ring (bicyclic) bond motifs is 1. The Balaban J connectivity index is 1.09. The number of carbonyl (C=O) groups is 1. The van der Waals surface area contributed by atoms with Gasteiger partial charge in [-0.1, -0.05) is 18.1 Å². The van der Waals surface area contributed by atoms with Crippen LogP contribution >= 0.6 is 0 Å². The fourth-order valence-electron chi connectivity index (χ4n) is 5.52. The summed E-state index contributed by atoms with van der Waals surface area (Å²) < 4.78 is 60.8. The minimum Gasteiger partial charge on any atom is -0.478 e. The molecule has 3 aromatic carbocycles. The van der Waals surface area contributed by atoms with Gasteiger partial charge in [0, 0.05) is 55.2 Å². The van der Waals surface area contributed by atoms with Crippen molar-refractivity contribution in [1.29, 1.82) is 0 Å². The third kappa shape index (κ3) is 6.75. The maximum absolute atomic E-state index is 15.6. The molecule has 49 heavy (non-hydrogen) atoms. The Morgan fingerprint density at radius 3 is 2.57 bits per heavy atom. The zero-order chi connectivity index (χ0) is 34.1. The molecule has 1 unspecified atom stereocenters. The number of halogens is 3. The maximum atomic E-state index is 15.6. The van der Waals surface area contributed by atoms with Gasteiger partial charge < -0.3 is 23.7 Å². The van der Waals surface area contributed by atoms with Gasteiger partial charge in [0.1, 0.15) is 29.9 Å². The highest BCUT2D eigenvalue weighted by Crippen LogP contribution is 2.29. The zero-order valence-electron chi connectivity index (χ0n) is 26.2. The van der Waals surface area contributed by atoms with Gasteiger partial charge in [-0.15, -0.1) is 0 Å². The lowest BCUT2D eigenvalue weighted by atomic mass is 10.0. The largest absolute Gasteiger partial charge is 0.478 e. The summed E-state index contributed by atoms with van der Waals surface area (Å²) in [7, 11) is 1.81. The molecule has 12 heteroatoms. The molecule has 1 fully saturated rings. The Labute approximate surface area is 278 Å². The molecular formula is C37H28F3N5O4. The molecule has 9 nitrogen and oxygen atoms in total. The number of hydrogen-bond donors (Lipinski definition) is 1. The number of hydrogen-bond acceptors (Lipinski definition) is 6. The lowest BCUT2D eigenvalue weighted by molar-refractivity contribution is -0.0589. The van der Waals surface area contributed by atoms with Crippen LogP contribution in [0.3, 0.4) is 0 Å². The summed E-state index contributed by atoms with van der Waals surface area (Å²) in [6.45, 7) is 0.885. The number of carboxylic acids is 1. The molecule has 1 aliphatic rings. The number of ether oxygens (including phenoxy) is 2. The highest BCUT2D eigenvalue weighted by atomic mass is 19.1. The van der Waals surface area contributed by atoms with E-state index in [9.17, 15) is 14.3 Å². The van der Waals surface area contributed by atoms with E-state index in [2.05, 4.69) is 26.8 Å². The molecule has 0 bridgehead atoms. The van der Waals surface area contributed by atoms with Crippen LogP contribution in [-0.2, 0) is 31.4 Å². The van der Waals surface area contributed by atoms with E-state index in [0.29, 0.717) is 41.4 Å². The highest BCUT2D eigenvalue weighted by molar-refractivity contribution is 5.92. The smallest absolute Gasteiger partial charge is 0.335 e. The molecule has 7 rings (SSSR count). The second-order valence-electron chi connectivity index (χ2n) is 11.6. The molecule has 0 radical (unpaired) electrons. The van der Waals surface area contributed by atoms with E-state index in [1.165, 1.54) is 24.3 Å². The van der Waals surface area contributed by atoms with E-state index < -0.39 is 23.4 Å². The summed E-state index contributed by atoms with van der Waals surface area (Å²) in [6.07, 6.45) is 4.10. The van der Waals surface area contributed by atoms with Crippen LogP contribution in [-0.4, -0.2) is 47.9 Å². The fourth-order valence-corrected chi connectivity index (χ4v) is 5.52. The summed E-state index contributed by atoms with van der Waals surface area (Å²) in [6, 6.07) is 16.0. The molecule has 246 valence electrons. The number of benzene rings is 3. The Morgan fingerprint density at radius 2 is 1.84 bits per heavy atom. The Morgan fingerprint density at radius 1 is 1.00 bits per heavy atom.